The second-order valence-corrected chi connectivity index (χ2v) is 6.40. The maximum atomic E-state index is 12.2. The third-order valence-corrected chi connectivity index (χ3v) is 4.61. The summed E-state index contributed by atoms with van der Waals surface area (Å²) < 4.78 is 2.05. The first-order valence-electron chi connectivity index (χ1n) is 8.10. The molecule has 6 nitrogen and oxygen atoms in total. The minimum Gasteiger partial charge on any atom is -0.388 e. The van der Waals surface area contributed by atoms with Crippen molar-refractivity contribution < 1.29 is 9.90 Å². The highest BCUT2D eigenvalue weighted by Gasteiger charge is 2.23. The Morgan fingerprint density at radius 2 is 1.96 bits per heavy atom. The van der Waals surface area contributed by atoms with Gasteiger partial charge < -0.3 is 10.4 Å². The molecule has 1 aromatic carbocycles. The fourth-order valence-corrected chi connectivity index (χ4v) is 2.55. The Morgan fingerprint density at radius 1 is 1.33 bits per heavy atom. The Balaban J connectivity index is 2.13. The van der Waals surface area contributed by atoms with Gasteiger partial charge in [-0.15, -0.1) is 0 Å². The summed E-state index contributed by atoms with van der Waals surface area (Å²) in [4.78, 5) is 12.2. The molecule has 130 valence electrons. The Kier molecular flexibility index (Phi) is 5.90. The van der Waals surface area contributed by atoms with Crippen LogP contribution in [0.25, 0.3) is 11.4 Å². The Bertz CT molecular complexity index is 745. The van der Waals surface area contributed by atoms with Gasteiger partial charge in [-0.3, -0.25) is 14.5 Å². The van der Waals surface area contributed by atoms with E-state index in [0.717, 1.165) is 11.1 Å². The summed E-state index contributed by atoms with van der Waals surface area (Å²) in [6, 6.07) is 7.86. The Labute approximate surface area is 146 Å². The normalized spacial score (nSPS) is 11.5. The van der Waals surface area contributed by atoms with Crippen molar-refractivity contribution in [3.63, 3.8) is 0 Å². The maximum absolute atomic E-state index is 12.2. The number of H-pyrrole nitrogens is 1. The second kappa shape index (κ2) is 7.72. The molecule has 3 N–H and O–H groups in total. The molecule has 2 aromatic rings. The van der Waals surface area contributed by atoms with E-state index in [9.17, 15) is 9.90 Å². The van der Waals surface area contributed by atoms with Crippen LogP contribution in [0.5, 0.6) is 0 Å². The molecule has 0 aliphatic heterocycles. The van der Waals surface area contributed by atoms with E-state index < -0.39 is 5.60 Å². The van der Waals surface area contributed by atoms with Crippen LogP contribution in [0.2, 0.25) is 0 Å². The van der Waals surface area contributed by atoms with Gasteiger partial charge in [0.25, 0.3) is 0 Å². The number of benzene rings is 1. The van der Waals surface area contributed by atoms with Gasteiger partial charge in [-0.2, -0.15) is 5.10 Å². The van der Waals surface area contributed by atoms with Crippen molar-refractivity contribution in [3.8, 4) is 11.4 Å². The molecule has 0 aliphatic rings. The Hall–Kier alpha value is -1.99. The van der Waals surface area contributed by atoms with E-state index in [4.69, 9.17) is 12.2 Å². The SMILES string of the molecule is CCC(O)(CC)CNC(=O)Cn1c(-c2ccc(C)cc2)n[nH]c1=S. The van der Waals surface area contributed by atoms with Gasteiger partial charge in [0.2, 0.25) is 5.91 Å². The van der Waals surface area contributed by atoms with E-state index in [0.29, 0.717) is 23.4 Å². The largest absolute Gasteiger partial charge is 0.388 e. The number of aromatic amines is 1. The molecule has 0 unspecified atom stereocenters. The van der Waals surface area contributed by atoms with Gasteiger partial charge >= 0.3 is 0 Å². The highest BCUT2D eigenvalue weighted by atomic mass is 32.1. The molecule has 24 heavy (non-hydrogen) atoms. The molecule has 0 spiro atoms. The zero-order valence-corrected chi connectivity index (χ0v) is 15.1. The number of aliphatic hydroxyl groups is 1. The monoisotopic (exact) mass is 348 g/mol. The summed E-state index contributed by atoms with van der Waals surface area (Å²) in [5, 5.41) is 20.0. The van der Waals surface area contributed by atoms with Gasteiger partial charge in [0, 0.05) is 12.1 Å². The third-order valence-electron chi connectivity index (χ3n) is 4.30. The molecule has 0 radical (unpaired) electrons. The van der Waals surface area contributed by atoms with Crippen molar-refractivity contribution in [2.45, 2.75) is 45.8 Å². The fraction of sp³-hybridized carbons (Fsp3) is 0.471. The van der Waals surface area contributed by atoms with Crippen LogP contribution in [-0.4, -0.2) is 37.9 Å². The first-order chi connectivity index (χ1) is 11.4. The second-order valence-electron chi connectivity index (χ2n) is 6.01. The number of amides is 1. The van der Waals surface area contributed by atoms with Crippen molar-refractivity contribution in [3.05, 3.63) is 34.6 Å². The maximum Gasteiger partial charge on any atom is 0.240 e. The molecular formula is C17H24N4O2S. The molecule has 1 aromatic heterocycles. The van der Waals surface area contributed by atoms with Crippen LogP contribution in [-0.2, 0) is 11.3 Å². The average Bonchev–Trinajstić information content (AvgIpc) is 2.94. The van der Waals surface area contributed by atoms with E-state index in [1.54, 1.807) is 4.57 Å². The molecule has 0 saturated heterocycles. The minimum absolute atomic E-state index is 0.0576. The summed E-state index contributed by atoms with van der Waals surface area (Å²) in [6.07, 6.45) is 1.17. The number of nitrogens with one attached hydrogen (secondary N) is 2. The summed E-state index contributed by atoms with van der Waals surface area (Å²) in [5.41, 5.74) is 1.17. The number of hydrogen-bond acceptors (Lipinski definition) is 4. The minimum atomic E-state index is -0.868. The van der Waals surface area contributed by atoms with Gasteiger partial charge in [0.05, 0.1) is 5.60 Å². The van der Waals surface area contributed by atoms with E-state index in [-0.39, 0.29) is 19.0 Å². The molecule has 1 heterocycles. The van der Waals surface area contributed by atoms with Crippen molar-refractivity contribution in [1.29, 1.82) is 0 Å². The highest BCUT2D eigenvalue weighted by Crippen LogP contribution is 2.18. The number of carbonyl (C=O) groups excluding carboxylic acids is 1. The van der Waals surface area contributed by atoms with E-state index in [1.807, 2.05) is 45.0 Å². The lowest BCUT2D eigenvalue weighted by Crippen LogP contribution is -2.43. The van der Waals surface area contributed by atoms with Crippen LogP contribution in [0, 0.1) is 11.7 Å². The van der Waals surface area contributed by atoms with Gasteiger partial charge in [0.1, 0.15) is 6.54 Å². The standard InChI is InChI=1S/C17H24N4O2S/c1-4-17(23,5-2)11-18-14(22)10-21-15(19-20-16(21)24)13-8-6-12(3)7-9-13/h6-9,23H,4-5,10-11H2,1-3H3,(H,18,22)(H,20,24). The molecule has 1 amide bonds. The summed E-state index contributed by atoms with van der Waals surface area (Å²) in [7, 11) is 0. The first-order valence-corrected chi connectivity index (χ1v) is 8.50. The lowest BCUT2D eigenvalue weighted by molar-refractivity contribution is -0.123. The third kappa shape index (κ3) is 4.30. The molecule has 0 bridgehead atoms. The summed E-state index contributed by atoms with van der Waals surface area (Å²) in [5.74, 6) is 0.414. The first kappa shape index (κ1) is 18.4. The molecule has 0 atom stereocenters. The topological polar surface area (TPSA) is 82.9 Å². The van der Waals surface area contributed by atoms with Gasteiger partial charge in [0.15, 0.2) is 10.6 Å². The van der Waals surface area contributed by atoms with Crippen LogP contribution in [0.1, 0.15) is 32.3 Å². The van der Waals surface area contributed by atoms with Crippen LogP contribution in [0.15, 0.2) is 24.3 Å². The van der Waals surface area contributed by atoms with Crippen LogP contribution in [0.3, 0.4) is 0 Å². The van der Waals surface area contributed by atoms with Crippen LogP contribution < -0.4 is 5.32 Å². The lowest BCUT2D eigenvalue weighted by Gasteiger charge is -2.25. The zero-order valence-electron chi connectivity index (χ0n) is 14.3. The van der Waals surface area contributed by atoms with Crippen molar-refractivity contribution >= 4 is 18.1 Å². The van der Waals surface area contributed by atoms with E-state index in [2.05, 4.69) is 15.5 Å². The van der Waals surface area contributed by atoms with Crippen molar-refractivity contribution in [2.75, 3.05) is 6.54 Å². The van der Waals surface area contributed by atoms with Crippen molar-refractivity contribution in [1.82, 2.24) is 20.1 Å². The highest BCUT2D eigenvalue weighted by molar-refractivity contribution is 7.71. The van der Waals surface area contributed by atoms with Gasteiger partial charge in [-0.25, -0.2) is 0 Å². The zero-order chi connectivity index (χ0) is 17.7. The summed E-state index contributed by atoms with van der Waals surface area (Å²) >= 11 is 5.24. The Morgan fingerprint density at radius 3 is 2.54 bits per heavy atom. The number of aromatic nitrogens is 3. The summed E-state index contributed by atoms with van der Waals surface area (Å²) in [6.45, 7) is 6.09. The fourth-order valence-electron chi connectivity index (χ4n) is 2.35. The number of hydrogen-bond donors (Lipinski definition) is 3. The lowest BCUT2D eigenvalue weighted by atomic mass is 9.98. The molecule has 0 aliphatic carbocycles. The van der Waals surface area contributed by atoms with Crippen molar-refractivity contribution in [2.24, 2.45) is 0 Å². The molecule has 2 rings (SSSR count). The molecule has 0 saturated carbocycles. The number of carbonyl (C=O) groups is 1. The molecular weight excluding hydrogens is 324 g/mol. The number of nitrogens with zero attached hydrogens (tertiary/aromatic N) is 2. The van der Waals surface area contributed by atoms with Gasteiger partial charge in [-0.05, 0) is 32.0 Å². The molecule has 7 heteroatoms. The number of aryl methyl sites for hydroxylation is 1. The number of rotatable bonds is 7. The quantitative estimate of drug-likeness (QED) is 0.672. The smallest absolute Gasteiger partial charge is 0.240 e. The van der Waals surface area contributed by atoms with Crippen LogP contribution in [0.4, 0.5) is 0 Å². The molecule has 0 fully saturated rings. The van der Waals surface area contributed by atoms with Crippen LogP contribution >= 0.6 is 12.2 Å². The van der Waals surface area contributed by atoms with E-state index in [1.165, 1.54) is 0 Å². The predicted octanol–water partition coefficient (Wildman–Crippen LogP) is 2.58. The van der Waals surface area contributed by atoms with Gasteiger partial charge in [-0.1, -0.05) is 43.7 Å². The predicted molar refractivity (Wildman–Crippen MR) is 96.1 cm³/mol. The van der Waals surface area contributed by atoms with E-state index >= 15 is 0 Å². The average molecular weight is 348 g/mol.